The zero-order valence-electron chi connectivity index (χ0n) is 7.49. The van der Waals surface area contributed by atoms with Gasteiger partial charge in [0.2, 0.25) is 5.76 Å². The van der Waals surface area contributed by atoms with E-state index < -0.39 is 17.6 Å². The molecule has 7 nitrogen and oxygen atoms in total. The first-order chi connectivity index (χ1) is 6.57. The first-order valence-corrected chi connectivity index (χ1v) is 4.09. The summed E-state index contributed by atoms with van der Waals surface area (Å²) in [5, 5.41) is 12.1. The van der Waals surface area contributed by atoms with Crippen molar-refractivity contribution in [2.24, 2.45) is 11.6 Å². The number of hydrazine groups is 1. The Bertz CT molecular complexity index is 299. The van der Waals surface area contributed by atoms with Crippen molar-refractivity contribution in [3.63, 3.8) is 0 Å². The number of imide groups is 1. The number of rotatable bonds is 4. The number of hydrogen-bond acceptors (Lipinski definition) is 6. The molecule has 0 saturated carbocycles. The molecular formula is C7H12N4O3. The number of carbonyl (C=O) groups excluding carboxylic acids is 2. The summed E-state index contributed by atoms with van der Waals surface area (Å²) in [5.41, 5.74) is 5.04. The van der Waals surface area contributed by atoms with Crippen LogP contribution in [0.15, 0.2) is 11.5 Å². The third kappa shape index (κ3) is 1.83. The number of amides is 2. The van der Waals surface area contributed by atoms with E-state index in [2.05, 4.69) is 0 Å². The quantitative estimate of drug-likeness (QED) is 0.235. The molecule has 1 rings (SSSR count). The summed E-state index contributed by atoms with van der Waals surface area (Å²) >= 11 is 0. The number of aliphatic hydroxyl groups excluding tert-OH is 1. The van der Waals surface area contributed by atoms with Gasteiger partial charge in [-0.25, -0.2) is 5.84 Å². The molecule has 7 heteroatoms. The minimum atomic E-state index is -0.826. The van der Waals surface area contributed by atoms with Gasteiger partial charge in [0.05, 0.1) is 0 Å². The van der Waals surface area contributed by atoms with Crippen LogP contribution in [0.25, 0.3) is 0 Å². The highest BCUT2D eigenvalue weighted by atomic mass is 16.3. The Balaban J connectivity index is 2.75. The largest absolute Gasteiger partial charge is 0.501 e. The molecule has 0 aromatic carbocycles. The Kier molecular flexibility index (Phi) is 3.05. The van der Waals surface area contributed by atoms with Gasteiger partial charge in [-0.05, 0) is 13.0 Å². The van der Waals surface area contributed by atoms with Crippen molar-refractivity contribution in [1.82, 2.24) is 10.3 Å². The minimum absolute atomic E-state index is 0.205. The molecule has 0 bridgehead atoms. The number of nitrogens with two attached hydrogens (primary N) is 2. The van der Waals surface area contributed by atoms with Crippen LogP contribution in [0.5, 0.6) is 0 Å². The van der Waals surface area contributed by atoms with E-state index in [1.165, 1.54) is 0 Å². The van der Waals surface area contributed by atoms with Crippen molar-refractivity contribution < 1.29 is 14.7 Å². The topological polar surface area (TPSA) is 122 Å². The van der Waals surface area contributed by atoms with Crippen LogP contribution in [-0.4, -0.2) is 35.0 Å². The molecule has 0 aliphatic carbocycles. The first kappa shape index (κ1) is 10.5. The fraction of sp³-hybridized carbons (Fsp3) is 0.429. The van der Waals surface area contributed by atoms with Crippen molar-refractivity contribution in [2.75, 3.05) is 13.1 Å². The highest BCUT2D eigenvalue weighted by Gasteiger charge is 2.32. The van der Waals surface area contributed by atoms with Gasteiger partial charge in [-0.2, -0.15) is 0 Å². The van der Waals surface area contributed by atoms with Crippen LogP contribution < -0.4 is 16.9 Å². The van der Waals surface area contributed by atoms with Gasteiger partial charge in [-0.1, -0.05) is 0 Å². The normalized spacial score (nSPS) is 16.1. The van der Waals surface area contributed by atoms with Gasteiger partial charge < -0.3 is 15.8 Å². The molecule has 1 aliphatic rings. The molecule has 0 atom stereocenters. The Morgan fingerprint density at radius 3 is 2.43 bits per heavy atom. The predicted octanol–water partition coefficient (Wildman–Crippen LogP) is -2.06. The summed E-state index contributed by atoms with van der Waals surface area (Å²) < 4.78 is 0. The molecular weight excluding hydrogens is 188 g/mol. The molecule has 0 unspecified atom stereocenters. The summed E-state index contributed by atoms with van der Waals surface area (Å²) in [6.07, 6.45) is 0.564. The highest BCUT2D eigenvalue weighted by Crippen LogP contribution is 2.11. The third-order valence-electron chi connectivity index (χ3n) is 1.77. The average molecular weight is 200 g/mol. The van der Waals surface area contributed by atoms with Crippen LogP contribution in [0.3, 0.4) is 0 Å². The van der Waals surface area contributed by atoms with Crippen molar-refractivity contribution in [3.8, 4) is 0 Å². The summed E-state index contributed by atoms with van der Waals surface area (Å²) in [4.78, 5) is 21.9. The second-order valence-corrected chi connectivity index (χ2v) is 2.82. The standard InChI is InChI=1S/C7H12N4O3/c8-2-1-3-11(9)4-5(12)7(14)10-6(4)13/h1-3,8-9H2,(H2,10,12,13,14). The lowest BCUT2D eigenvalue weighted by Gasteiger charge is -2.16. The van der Waals surface area contributed by atoms with Crippen LogP contribution in [0.4, 0.5) is 0 Å². The van der Waals surface area contributed by atoms with Gasteiger partial charge in [0.25, 0.3) is 11.8 Å². The maximum absolute atomic E-state index is 11.1. The highest BCUT2D eigenvalue weighted by molar-refractivity contribution is 6.17. The predicted molar refractivity (Wildman–Crippen MR) is 47.4 cm³/mol. The molecule has 78 valence electrons. The van der Waals surface area contributed by atoms with E-state index >= 15 is 0 Å². The maximum Gasteiger partial charge on any atom is 0.295 e. The molecule has 0 radical (unpaired) electrons. The van der Waals surface area contributed by atoms with Crippen LogP contribution in [0, 0.1) is 0 Å². The first-order valence-electron chi connectivity index (χ1n) is 4.09. The monoisotopic (exact) mass is 200 g/mol. The van der Waals surface area contributed by atoms with E-state index in [4.69, 9.17) is 11.6 Å². The summed E-state index contributed by atoms with van der Waals surface area (Å²) in [7, 11) is 0. The van der Waals surface area contributed by atoms with Gasteiger partial charge in [0, 0.05) is 6.54 Å². The number of aliphatic hydroxyl groups is 1. The molecule has 2 amide bonds. The van der Waals surface area contributed by atoms with Gasteiger partial charge >= 0.3 is 0 Å². The zero-order chi connectivity index (χ0) is 10.7. The zero-order valence-corrected chi connectivity index (χ0v) is 7.49. The van der Waals surface area contributed by atoms with E-state index in [1.807, 2.05) is 5.32 Å². The molecule has 0 fully saturated rings. The number of nitrogens with one attached hydrogen (secondary N) is 1. The number of nitrogens with zero attached hydrogens (tertiary/aromatic N) is 1. The van der Waals surface area contributed by atoms with Crippen LogP contribution in [0.1, 0.15) is 6.42 Å². The van der Waals surface area contributed by atoms with E-state index in [1.54, 1.807) is 0 Å². The van der Waals surface area contributed by atoms with Crippen LogP contribution in [0.2, 0.25) is 0 Å². The Morgan fingerprint density at radius 2 is 2.00 bits per heavy atom. The third-order valence-corrected chi connectivity index (χ3v) is 1.77. The SMILES string of the molecule is NCCCN(N)C1=C(O)C(=O)NC1=O. The fourth-order valence-corrected chi connectivity index (χ4v) is 1.08. The van der Waals surface area contributed by atoms with E-state index in [0.29, 0.717) is 19.5 Å². The Hall–Kier alpha value is -1.60. The van der Waals surface area contributed by atoms with Crippen molar-refractivity contribution in [1.29, 1.82) is 0 Å². The smallest absolute Gasteiger partial charge is 0.295 e. The van der Waals surface area contributed by atoms with Gasteiger partial charge in [0.1, 0.15) is 0 Å². The van der Waals surface area contributed by atoms with E-state index in [9.17, 15) is 14.7 Å². The molecule has 0 spiro atoms. The number of hydrogen-bond donors (Lipinski definition) is 4. The number of carbonyl (C=O) groups is 2. The van der Waals surface area contributed by atoms with E-state index in [-0.39, 0.29) is 5.70 Å². The Labute approximate surface area is 80.3 Å². The summed E-state index contributed by atoms with van der Waals surface area (Å²) in [6, 6.07) is 0. The molecule has 0 saturated heterocycles. The minimum Gasteiger partial charge on any atom is -0.501 e. The summed E-state index contributed by atoms with van der Waals surface area (Å²) in [6.45, 7) is 0.716. The maximum atomic E-state index is 11.1. The molecule has 1 heterocycles. The molecule has 0 aromatic rings. The lowest BCUT2D eigenvalue weighted by atomic mass is 10.3. The second kappa shape index (κ2) is 4.07. The molecule has 0 aromatic heterocycles. The van der Waals surface area contributed by atoms with Crippen molar-refractivity contribution >= 4 is 11.8 Å². The summed E-state index contributed by atoms with van der Waals surface area (Å²) in [5.74, 6) is 3.30. The van der Waals surface area contributed by atoms with Gasteiger partial charge in [0.15, 0.2) is 5.70 Å². The van der Waals surface area contributed by atoms with Crippen molar-refractivity contribution in [2.45, 2.75) is 6.42 Å². The molecule has 6 N–H and O–H groups in total. The lowest BCUT2D eigenvalue weighted by molar-refractivity contribution is -0.125. The van der Waals surface area contributed by atoms with Crippen LogP contribution in [-0.2, 0) is 9.59 Å². The molecule has 14 heavy (non-hydrogen) atoms. The molecule has 1 aliphatic heterocycles. The van der Waals surface area contributed by atoms with Gasteiger partial charge in [-0.15, -0.1) is 0 Å². The lowest BCUT2D eigenvalue weighted by Crippen LogP contribution is -2.37. The van der Waals surface area contributed by atoms with Crippen LogP contribution >= 0.6 is 0 Å². The average Bonchev–Trinajstić information content (AvgIpc) is 2.38. The fourth-order valence-electron chi connectivity index (χ4n) is 1.08. The van der Waals surface area contributed by atoms with E-state index in [0.717, 1.165) is 5.01 Å². The van der Waals surface area contributed by atoms with Gasteiger partial charge in [-0.3, -0.25) is 14.9 Å². The Morgan fingerprint density at radius 1 is 1.36 bits per heavy atom. The van der Waals surface area contributed by atoms with Crippen molar-refractivity contribution in [3.05, 3.63) is 11.5 Å². The second-order valence-electron chi connectivity index (χ2n) is 2.82.